The van der Waals surface area contributed by atoms with Gasteiger partial charge in [-0.05, 0) is 18.5 Å². The molecule has 2 rings (SSSR count). The van der Waals surface area contributed by atoms with Gasteiger partial charge in [-0.25, -0.2) is 0 Å². The molecule has 12 heavy (non-hydrogen) atoms. The third kappa shape index (κ3) is 1.24. The van der Waals surface area contributed by atoms with Crippen molar-refractivity contribution in [1.29, 1.82) is 0 Å². The van der Waals surface area contributed by atoms with Crippen molar-refractivity contribution in [3.8, 4) is 0 Å². The number of nitrogens with two attached hydrogens (primary N) is 1. The summed E-state index contributed by atoms with van der Waals surface area (Å²) in [6, 6.07) is 10.3. The SMILES string of the molecule is N[C@]1(c2ccccc2)CCNC1. The molecule has 0 radical (unpaired) electrons. The molecule has 2 nitrogen and oxygen atoms in total. The van der Waals surface area contributed by atoms with Gasteiger partial charge in [0.25, 0.3) is 0 Å². The molecule has 1 aromatic rings. The van der Waals surface area contributed by atoms with Crippen LogP contribution in [0.2, 0.25) is 0 Å². The molecular formula is C10H14N2. The first-order valence-electron chi connectivity index (χ1n) is 4.36. The Balaban J connectivity index is 2.29. The summed E-state index contributed by atoms with van der Waals surface area (Å²) in [7, 11) is 0. The topological polar surface area (TPSA) is 38.0 Å². The average molecular weight is 162 g/mol. The van der Waals surface area contributed by atoms with E-state index in [1.54, 1.807) is 0 Å². The number of hydrogen-bond donors (Lipinski definition) is 2. The lowest BCUT2D eigenvalue weighted by atomic mass is 9.90. The van der Waals surface area contributed by atoms with Crippen LogP contribution in [0.4, 0.5) is 0 Å². The molecule has 3 N–H and O–H groups in total. The minimum atomic E-state index is -0.124. The summed E-state index contributed by atoms with van der Waals surface area (Å²) >= 11 is 0. The predicted molar refractivity (Wildman–Crippen MR) is 49.8 cm³/mol. The summed E-state index contributed by atoms with van der Waals surface area (Å²) in [6.07, 6.45) is 1.04. The smallest absolute Gasteiger partial charge is 0.0548 e. The molecule has 0 aliphatic carbocycles. The Bertz CT molecular complexity index is 250. The van der Waals surface area contributed by atoms with Gasteiger partial charge in [-0.2, -0.15) is 0 Å². The maximum absolute atomic E-state index is 6.22. The van der Waals surface area contributed by atoms with E-state index in [-0.39, 0.29) is 5.54 Å². The summed E-state index contributed by atoms with van der Waals surface area (Å²) in [5.41, 5.74) is 7.34. The maximum Gasteiger partial charge on any atom is 0.0548 e. The standard InChI is InChI=1S/C10H14N2/c11-10(6-7-12-8-10)9-4-2-1-3-5-9/h1-5,12H,6-8,11H2/t10-/m1/s1. The van der Waals surface area contributed by atoms with Crippen molar-refractivity contribution in [2.75, 3.05) is 13.1 Å². The van der Waals surface area contributed by atoms with Crippen LogP contribution in [0.3, 0.4) is 0 Å². The highest BCUT2D eigenvalue weighted by Gasteiger charge is 2.30. The summed E-state index contributed by atoms with van der Waals surface area (Å²) < 4.78 is 0. The molecular weight excluding hydrogens is 148 g/mol. The summed E-state index contributed by atoms with van der Waals surface area (Å²) in [5.74, 6) is 0. The maximum atomic E-state index is 6.22. The molecule has 0 unspecified atom stereocenters. The Morgan fingerprint density at radius 1 is 1.25 bits per heavy atom. The second kappa shape index (κ2) is 2.88. The quantitative estimate of drug-likeness (QED) is 0.642. The average Bonchev–Trinajstić information content (AvgIpc) is 2.55. The minimum Gasteiger partial charge on any atom is -0.320 e. The fraction of sp³-hybridized carbons (Fsp3) is 0.400. The van der Waals surface area contributed by atoms with E-state index in [2.05, 4.69) is 17.4 Å². The summed E-state index contributed by atoms with van der Waals surface area (Å²) in [4.78, 5) is 0. The highest BCUT2D eigenvalue weighted by Crippen LogP contribution is 2.23. The molecule has 1 aliphatic rings. The van der Waals surface area contributed by atoms with Crippen LogP contribution < -0.4 is 11.1 Å². The number of benzene rings is 1. The van der Waals surface area contributed by atoms with Crippen LogP contribution in [0.1, 0.15) is 12.0 Å². The van der Waals surface area contributed by atoms with Crippen molar-refractivity contribution in [3.63, 3.8) is 0 Å². The lowest BCUT2D eigenvalue weighted by Crippen LogP contribution is -2.38. The lowest BCUT2D eigenvalue weighted by molar-refractivity contribution is 0.494. The van der Waals surface area contributed by atoms with Crippen molar-refractivity contribution in [1.82, 2.24) is 5.32 Å². The van der Waals surface area contributed by atoms with E-state index in [0.29, 0.717) is 0 Å². The number of rotatable bonds is 1. The summed E-state index contributed by atoms with van der Waals surface area (Å²) in [6.45, 7) is 1.93. The Morgan fingerprint density at radius 3 is 2.58 bits per heavy atom. The predicted octanol–water partition coefficient (Wildman–Crippen LogP) is 0.834. The van der Waals surface area contributed by atoms with Crippen LogP contribution in [0.15, 0.2) is 30.3 Å². The van der Waals surface area contributed by atoms with Gasteiger partial charge in [0.1, 0.15) is 0 Å². The molecule has 1 fully saturated rings. The summed E-state index contributed by atoms with van der Waals surface area (Å²) in [5, 5.41) is 3.29. The molecule has 1 heterocycles. The van der Waals surface area contributed by atoms with E-state index >= 15 is 0 Å². The molecule has 1 atom stereocenters. The van der Waals surface area contributed by atoms with E-state index in [9.17, 15) is 0 Å². The Labute approximate surface area is 72.8 Å². The van der Waals surface area contributed by atoms with Crippen LogP contribution in [-0.2, 0) is 5.54 Å². The van der Waals surface area contributed by atoms with Crippen molar-refractivity contribution in [2.45, 2.75) is 12.0 Å². The van der Waals surface area contributed by atoms with Gasteiger partial charge in [0.15, 0.2) is 0 Å². The van der Waals surface area contributed by atoms with Crippen LogP contribution >= 0.6 is 0 Å². The van der Waals surface area contributed by atoms with E-state index in [1.807, 2.05) is 18.2 Å². The highest BCUT2D eigenvalue weighted by molar-refractivity contribution is 5.25. The van der Waals surface area contributed by atoms with Gasteiger partial charge in [-0.15, -0.1) is 0 Å². The van der Waals surface area contributed by atoms with Crippen molar-refractivity contribution in [3.05, 3.63) is 35.9 Å². The third-order valence-electron chi connectivity index (χ3n) is 2.54. The molecule has 0 saturated carbocycles. The number of hydrogen-bond acceptors (Lipinski definition) is 2. The van der Waals surface area contributed by atoms with Gasteiger partial charge in [0, 0.05) is 6.54 Å². The van der Waals surface area contributed by atoms with E-state index in [4.69, 9.17) is 5.73 Å². The molecule has 1 aliphatic heterocycles. The molecule has 64 valence electrons. The van der Waals surface area contributed by atoms with Gasteiger partial charge in [-0.1, -0.05) is 30.3 Å². The van der Waals surface area contributed by atoms with Crippen LogP contribution in [0.5, 0.6) is 0 Å². The van der Waals surface area contributed by atoms with Gasteiger partial charge in [0.2, 0.25) is 0 Å². The first-order chi connectivity index (χ1) is 5.81. The second-order valence-corrected chi connectivity index (χ2v) is 3.45. The van der Waals surface area contributed by atoms with Gasteiger partial charge in [-0.3, -0.25) is 0 Å². The minimum absolute atomic E-state index is 0.124. The highest BCUT2D eigenvalue weighted by atomic mass is 15.0. The van der Waals surface area contributed by atoms with Crippen molar-refractivity contribution >= 4 is 0 Å². The first-order valence-corrected chi connectivity index (χ1v) is 4.36. The fourth-order valence-electron chi connectivity index (χ4n) is 1.73. The van der Waals surface area contributed by atoms with Crippen LogP contribution in [0, 0.1) is 0 Å². The molecule has 0 amide bonds. The molecule has 0 spiro atoms. The van der Waals surface area contributed by atoms with E-state index < -0.39 is 0 Å². The number of nitrogens with one attached hydrogen (secondary N) is 1. The van der Waals surface area contributed by atoms with Crippen molar-refractivity contribution in [2.24, 2.45) is 5.73 Å². The molecule has 2 heteroatoms. The zero-order valence-electron chi connectivity index (χ0n) is 7.09. The Hall–Kier alpha value is -0.860. The fourth-order valence-corrected chi connectivity index (χ4v) is 1.73. The molecule has 0 bridgehead atoms. The van der Waals surface area contributed by atoms with Crippen LogP contribution in [-0.4, -0.2) is 13.1 Å². The zero-order chi connectivity index (χ0) is 8.44. The zero-order valence-corrected chi connectivity index (χ0v) is 7.09. The molecule has 0 aromatic heterocycles. The van der Waals surface area contributed by atoms with E-state index in [0.717, 1.165) is 19.5 Å². The normalized spacial score (nSPS) is 29.1. The van der Waals surface area contributed by atoms with Gasteiger partial charge >= 0.3 is 0 Å². The molecule has 1 aromatic carbocycles. The monoisotopic (exact) mass is 162 g/mol. The van der Waals surface area contributed by atoms with Crippen LogP contribution in [0.25, 0.3) is 0 Å². The second-order valence-electron chi connectivity index (χ2n) is 3.45. The van der Waals surface area contributed by atoms with E-state index in [1.165, 1.54) is 5.56 Å². The molecule has 1 saturated heterocycles. The largest absolute Gasteiger partial charge is 0.320 e. The Kier molecular flexibility index (Phi) is 1.87. The first kappa shape index (κ1) is 7.77. The van der Waals surface area contributed by atoms with Gasteiger partial charge in [0.05, 0.1) is 5.54 Å². The van der Waals surface area contributed by atoms with Gasteiger partial charge < -0.3 is 11.1 Å². The third-order valence-corrected chi connectivity index (χ3v) is 2.54. The Morgan fingerprint density at radius 2 is 2.00 bits per heavy atom. The lowest BCUT2D eigenvalue weighted by Gasteiger charge is -2.22. The van der Waals surface area contributed by atoms with Crippen molar-refractivity contribution < 1.29 is 0 Å².